The van der Waals surface area contributed by atoms with E-state index in [0.29, 0.717) is 17.9 Å². The molecule has 1 aromatic carbocycles. The van der Waals surface area contributed by atoms with E-state index >= 15 is 0 Å². The third kappa shape index (κ3) is 2.89. The summed E-state index contributed by atoms with van der Waals surface area (Å²) in [6.07, 6.45) is 5.22. The van der Waals surface area contributed by atoms with E-state index in [-0.39, 0.29) is 11.9 Å². The second-order valence-corrected chi connectivity index (χ2v) is 7.85. The van der Waals surface area contributed by atoms with Crippen LogP contribution in [0.25, 0.3) is 5.65 Å². The van der Waals surface area contributed by atoms with E-state index in [1.54, 1.807) is 23.0 Å². The van der Waals surface area contributed by atoms with Crippen LogP contribution in [0, 0.1) is 0 Å². The smallest absolute Gasteiger partial charge is 0.274 e. The topological polar surface area (TPSA) is 50.5 Å². The van der Waals surface area contributed by atoms with Gasteiger partial charge < -0.3 is 4.90 Å². The summed E-state index contributed by atoms with van der Waals surface area (Å²) >= 11 is 7.02. The van der Waals surface area contributed by atoms with Gasteiger partial charge in [-0.25, -0.2) is 9.50 Å². The molecule has 128 valence electrons. The molecule has 0 fully saturated rings. The minimum absolute atomic E-state index is 0.0425. The molecule has 1 unspecified atom stereocenters. The van der Waals surface area contributed by atoms with Gasteiger partial charge >= 0.3 is 0 Å². The zero-order valence-electron chi connectivity index (χ0n) is 13.6. The lowest BCUT2D eigenvalue weighted by atomic mass is 9.91. The van der Waals surface area contributed by atoms with Crippen LogP contribution in [0.3, 0.4) is 0 Å². The number of benzene rings is 1. The van der Waals surface area contributed by atoms with Crippen LogP contribution >= 0.6 is 31.9 Å². The molecule has 1 aliphatic rings. The molecule has 0 N–H and O–H groups in total. The van der Waals surface area contributed by atoms with Crippen molar-refractivity contribution >= 4 is 43.4 Å². The minimum atomic E-state index is -0.0425. The first-order valence-corrected chi connectivity index (χ1v) is 9.76. The maximum atomic E-state index is 13.1. The van der Waals surface area contributed by atoms with Crippen molar-refractivity contribution in [3.8, 4) is 0 Å². The van der Waals surface area contributed by atoms with Crippen LogP contribution in [0.5, 0.6) is 0 Å². The van der Waals surface area contributed by atoms with Crippen molar-refractivity contribution in [1.29, 1.82) is 0 Å². The fourth-order valence-electron chi connectivity index (χ4n) is 3.50. The molecular weight excluding hydrogens is 448 g/mol. The normalized spacial score (nSPS) is 16.9. The van der Waals surface area contributed by atoms with E-state index < -0.39 is 0 Å². The number of amides is 1. The highest BCUT2D eigenvalue weighted by Crippen LogP contribution is 2.36. The van der Waals surface area contributed by atoms with Gasteiger partial charge in [-0.05, 0) is 46.0 Å². The van der Waals surface area contributed by atoms with E-state index in [1.807, 2.05) is 11.0 Å². The first kappa shape index (κ1) is 16.7. The zero-order valence-corrected chi connectivity index (χ0v) is 16.8. The molecule has 1 amide bonds. The molecule has 0 saturated carbocycles. The van der Waals surface area contributed by atoms with Crippen LogP contribution in [-0.4, -0.2) is 31.9 Å². The lowest BCUT2D eigenvalue weighted by Gasteiger charge is -2.37. The van der Waals surface area contributed by atoms with Crippen molar-refractivity contribution in [3.63, 3.8) is 0 Å². The van der Waals surface area contributed by atoms with Crippen LogP contribution in [0.2, 0.25) is 0 Å². The van der Waals surface area contributed by atoms with E-state index in [0.717, 1.165) is 21.8 Å². The Morgan fingerprint density at radius 1 is 1.36 bits per heavy atom. The minimum Gasteiger partial charge on any atom is -0.330 e. The number of halogens is 2. The molecule has 5 nitrogen and oxygen atoms in total. The highest BCUT2D eigenvalue weighted by Gasteiger charge is 2.32. The van der Waals surface area contributed by atoms with Gasteiger partial charge in [0.1, 0.15) is 0 Å². The lowest BCUT2D eigenvalue weighted by molar-refractivity contribution is 0.0648. The Balaban J connectivity index is 1.71. The van der Waals surface area contributed by atoms with Gasteiger partial charge in [0.05, 0.1) is 10.5 Å². The Morgan fingerprint density at radius 3 is 3.00 bits per heavy atom. The van der Waals surface area contributed by atoms with Crippen LogP contribution in [-0.2, 0) is 6.42 Å². The first-order chi connectivity index (χ1) is 12.1. The first-order valence-electron chi connectivity index (χ1n) is 8.17. The summed E-state index contributed by atoms with van der Waals surface area (Å²) in [5.41, 5.74) is 3.63. The van der Waals surface area contributed by atoms with Gasteiger partial charge in [0.2, 0.25) is 0 Å². The lowest BCUT2D eigenvalue weighted by Crippen LogP contribution is -2.40. The van der Waals surface area contributed by atoms with E-state index in [9.17, 15) is 4.79 Å². The van der Waals surface area contributed by atoms with E-state index in [1.165, 1.54) is 11.1 Å². The van der Waals surface area contributed by atoms with Crippen molar-refractivity contribution in [3.05, 3.63) is 62.4 Å². The molecule has 1 aliphatic heterocycles. The fraction of sp³-hybridized carbons (Fsp3) is 0.278. The van der Waals surface area contributed by atoms with Crippen LogP contribution in [0.1, 0.15) is 41.0 Å². The Kier molecular flexibility index (Phi) is 4.37. The summed E-state index contributed by atoms with van der Waals surface area (Å²) in [6.45, 7) is 2.81. The number of carbonyl (C=O) groups excluding carboxylic acids is 1. The van der Waals surface area contributed by atoms with Crippen LogP contribution in [0.4, 0.5) is 0 Å². The molecule has 0 bridgehead atoms. The van der Waals surface area contributed by atoms with E-state index in [2.05, 4.69) is 61.0 Å². The molecule has 0 radical (unpaired) electrons. The quantitative estimate of drug-likeness (QED) is 0.565. The predicted octanol–water partition coefficient (Wildman–Crippen LogP) is 4.40. The second-order valence-electron chi connectivity index (χ2n) is 6.08. The molecule has 0 saturated heterocycles. The molecular formula is C18H16Br2N4O. The SMILES string of the molecule is CCC1c2cccc(Br)c2CCN1C(=O)c1cc2ncc(Br)cn2n1. The molecule has 0 aliphatic carbocycles. The van der Waals surface area contributed by atoms with Crippen molar-refractivity contribution < 1.29 is 4.79 Å². The largest absolute Gasteiger partial charge is 0.330 e. The average molecular weight is 464 g/mol. The fourth-order valence-corrected chi connectivity index (χ4v) is 4.37. The predicted molar refractivity (Wildman–Crippen MR) is 103 cm³/mol. The maximum Gasteiger partial charge on any atom is 0.274 e. The molecule has 3 heterocycles. The number of rotatable bonds is 2. The van der Waals surface area contributed by atoms with Crippen LogP contribution in [0.15, 0.2) is 45.6 Å². The van der Waals surface area contributed by atoms with Gasteiger partial charge in [-0.2, -0.15) is 5.10 Å². The van der Waals surface area contributed by atoms with Crippen molar-refractivity contribution in [1.82, 2.24) is 19.5 Å². The number of hydrogen-bond acceptors (Lipinski definition) is 3. The Bertz CT molecular complexity index is 969. The van der Waals surface area contributed by atoms with Gasteiger partial charge in [-0.15, -0.1) is 0 Å². The number of aromatic nitrogens is 3. The summed E-state index contributed by atoms with van der Waals surface area (Å²) in [5.74, 6) is -0.0425. The highest BCUT2D eigenvalue weighted by molar-refractivity contribution is 9.10. The van der Waals surface area contributed by atoms with E-state index in [4.69, 9.17) is 0 Å². The highest BCUT2D eigenvalue weighted by atomic mass is 79.9. The summed E-state index contributed by atoms with van der Waals surface area (Å²) in [6, 6.07) is 8.03. The van der Waals surface area contributed by atoms with Crippen molar-refractivity contribution in [2.24, 2.45) is 0 Å². The van der Waals surface area contributed by atoms with Crippen molar-refractivity contribution in [2.75, 3.05) is 6.54 Å². The van der Waals surface area contributed by atoms with Gasteiger partial charge in [0.15, 0.2) is 11.3 Å². The zero-order chi connectivity index (χ0) is 17.6. The molecule has 3 aromatic rings. The Morgan fingerprint density at radius 2 is 2.20 bits per heavy atom. The van der Waals surface area contributed by atoms with Gasteiger partial charge in [0.25, 0.3) is 5.91 Å². The summed E-state index contributed by atoms with van der Waals surface area (Å²) in [7, 11) is 0. The standard InChI is InChI=1S/C18H16Br2N4O/c1-2-16-13-4-3-5-14(20)12(13)6-7-23(16)18(25)15-8-17-21-9-11(19)10-24(17)22-15/h3-5,8-10,16H,2,6-7H2,1H3. The molecule has 1 atom stereocenters. The summed E-state index contributed by atoms with van der Waals surface area (Å²) in [4.78, 5) is 19.3. The summed E-state index contributed by atoms with van der Waals surface area (Å²) in [5, 5.41) is 4.41. The van der Waals surface area contributed by atoms with Gasteiger partial charge in [0, 0.05) is 29.5 Å². The molecule has 25 heavy (non-hydrogen) atoms. The number of nitrogens with zero attached hydrogens (tertiary/aromatic N) is 4. The monoisotopic (exact) mass is 462 g/mol. The summed E-state index contributed by atoms with van der Waals surface area (Å²) < 4.78 is 3.58. The van der Waals surface area contributed by atoms with Crippen LogP contribution < -0.4 is 0 Å². The molecule has 4 rings (SSSR count). The third-order valence-electron chi connectivity index (χ3n) is 4.64. The molecule has 0 spiro atoms. The number of hydrogen-bond donors (Lipinski definition) is 0. The molecule has 7 heteroatoms. The third-order valence-corrected chi connectivity index (χ3v) is 5.79. The van der Waals surface area contributed by atoms with Gasteiger partial charge in [-0.1, -0.05) is 35.0 Å². The van der Waals surface area contributed by atoms with Gasteiger partial charge in [-0.3, -0.25) is 4.79 Å². The van der Waals surface area contributed by atoms with Crippen molar-refractivity contribution in [2.45, 2.75) is 25.8 Å². The number of carbonyl (C=O) groups is 1. The second kappa shape index (κ2) is 6.53. The molecule has 2 aromatic heterocycles. The number of fused-ring (bicyclic) bond motifs is 2. The Hall–Kier alpha value is -1.73. The maximum absolute atomic E-state index is 13.1. The Labute approximate surface area is 162 Å². The average Bonchev–Trinajstić information content (AvgIpc) is 3.03.